The molecule has 0 aromatic heterocycles. The third kappa shape index (κ3) is 3.25. The van der Waals surface area contributed by atoms with Crippen LogP contribution in [0.2, 0.25) is 5.02 Å². The van der Waals surface area contributed by atoms with Gasteiger partial charge < -0.3 is 0 Å². The minimum Gasteiger partial charge on any atom is -0.258 e. The third-order valence-electron chi connectivity index (χ3n) is 2.78. The summed E-state index contributed by atoms with van der Waals surface area (Å²) in [4.78, 5) is 10.2. The predicted molar refractivity (Wildman–Crippen MR) is 78.0 cm³/mol. The molecule has 0 aliphatic heterocycles. The highest BCUT2D eigenvalue weighted by Gasteiger charge is 2.11. The van der Waals surface area contributed by atoms with E-state index in [0.29, 0.717) is 5.56 Å². The highest BCUT2D eigenvalue weighted by atomic mass is 35.5. The predicted octanol–water partition coefficient (Wildman–Crippen LogP) is 4.45. The molecule has 0 fully saturated rings. The number of nitriles is 1. The zero-order chi connectivity index (χ0) is 15.4. The van der Waals surface area contributed by atoms with E-state index in [0.717, 1.165) is 0 Å². The molecule has 0 radical (unpaired) electrons. The lowest BCUT2D eigenvalue weighted by Gasteiger charge is -2.03. The lowest BCUT2D eigenvalue weighted by Crippen LogP contribution is -1.90. The number of hydrogen-bond donors (Lipinski definition) is 0. The molecule has 104 valence electrons. The summed E-state index contributed by atoms with van der Waals surface area (Å²) >= 11 is 5.90. The lowest BCUT2D eigenvalue weighted by molar-refractivity contribution is -0.384. The van der Waals surface area contributed by atoms with Crippen LogP contribution in [-0.2, 0) is 0 Å². The minimum absolute atomic E-state index is 0.0715. The molecule has 2 rings (SSSR count). The summed E-state index contributed by atoms with van der Waals surface area (Å²) in [5.41, 5.74) is 0.340. The van der Waals surface area contributed by atoms with Crippen molar-refractivity contribution >= 4 is 28.9 Å². The average Bonchev–Trinajstić information content (AvgIpc) is 2.47. The molecule has 2 aromatic rings. The van der Waals surface area contributed by atoms with E-state index in [9.17, 15) is 19.8 Å². The SMILES string of the molecule is N#C/C(=C/c1c(F)cccc1Cl)c1cccc([N+](=O)[O-])c1. The van der Waals surface area contributed by atoms with E-state index in [4.69, 9.17) is 11.6 Å². The number of benzene rings is 2. The summed E-state index contributed by atoms with van der Waals surface area (Å²) in [6.45, 7) is 0. The highest BCUT2D eigenvalue weighted by Crippen LogP contribution is 2.26. The molecule has 21 heavy (non-hydrogen) atoms. The molecule has 0 aliphatic carbocycles. The van der Waals surface area contributed by atoms with Gasteiger partial charge in [0.2, 0.25) is 0 Å². The fourth-order valence-electron chi connectivity index (χ4n) is 1.76. The minimum atomic E-state index is -0.569. The van der Waals surface area contributed by atoms with Crippen molar-refractivity contribution in [2.75, 3.05) is 0 Å². The van der Waals surface area contributed by atoms with Crippen LogP contribution in [0.15, 0.2) is 42.5 Å². The number of non-ortho nitro benzene ring substituents is 1. The van der Waals surface area contributed by atoms with Crippen LogP contribution < -0.4 is 0 Å². The number of hydrogen-bond acceptors (Lipinski definition) is 3. The van der Waals surface area contributed by atoms with Gasteiger partial charge >= 0.3 is 0 Å². The van der Waals surface area contributed by atoms with Crippen molar-refractivity contribution < 1.29 is 9.31 Å². The summed E-state index contributed by atoms with van der Waals surface area (Å²) in [5.74, 6) is -0.569. The van der Waals surface area contributed by atoms with E-state index in [1.54, 1.807) is 0 Å². The van der Waals surface area contributed by atoms with Crippen LogP contribution in [-0.4, -0.2) is 4.92 Å². The molecule has 0 aliphatic rings. The number of rotatable bonds is 3. The summed E-state index contributed by atoms with van der Waals surface area (Å²) < 4.78 is 13.7. The van der Waals surface area contributed by atoms with Crippen LogP contribution >= 0.6 is 11.6 Å². The number of nitrogens with zero attached hydrogens (tertiary/aromatic N) is 2. The maximum Gasteiger partial charge on any atom is 0.270 e. The maximum absolute atomic E-state index is 13.7. The molecular formula is C15H8ClFN2O2. The molecular weight excluding hydrogens is 295 g/mol. The Hall–Kier alpha value is -2.71. The van der Waals surface area contributed by atoms with Crippen molar-refractivity contribution in [1.29, 1.82) is 5.26 Å². The first-order chi connectivity index (χ1) is 10.0. The molecule has 6 heteroatoms. The maximum atomic E-state index is 13.7. The standard InChI is InChI=1S/C15H8ClFN2O2/c16-14-5-2-6-15(17)13(14)8-11(9-18)10-3-1-4-12(7-10)19(20)21/h1-8H/b11-8-. The second kappa shape index (κ2) is 6.16. The van der Waals surface area contributed by atoms with Crippen molar-refractivity contribution in [2.45, 2.75) is 0 Å². The summed E-state index contributed by atoms with van der Waals surface area (Å²) in [5, 5.41) is 20.1. The van der Waals surface area contributed by atoms with E-state index in [1.807, 2.05) is 6.07 Å². The molecule has 0 bridgehead atoms. The van der Waals surface area contributed by atoms with E-state index in [2.05, 4.69) is 0 Å². The molecule has 4 nitrogen and oxygen atoms in total. The number of nitro groups is 1. The third-order valence-corrected chi connectivity index (χ3v) is 3.11. The number of nitro benzene ring substituents is 1. The van der Waals surface area contributed by atoms with Gasteiger partial charge in [-0.2, -0.15) is 5.26 Å². The van der Waals surface area contributed by atoms with Gasteiger partial charge in [0.15, 0.2) is 0 Å². The second-order valence-corrected chi connectivity index (χ2v) is 4.52. The molecule has 0 amide bonds. The molecule has 0 unspecified atom stereocenters. The number of allylic oxidation sites excluding steroid dienone is 1. The van der Waals surface area contributed by atoms with Gasteiger partial charge in [0, 0.05) is 17.7 Å². The van der Waals surface area contributed by atoms with Gasteiger partial charge in [-0.25, -0.2) is 4.39 Å². The number of halogens is 2. The lowest BCUT2D eigenvalue weighted by atomic mass is 10.0. The van der Waals surface area contributed by atoms with Gasteiger partial charge in [-0.15, -0.1) is 0 Å². The van der Waals surface area contributed by atoms with Gasteiger partial charge in [-0.3, -0.25) is 10.1 Å². The van der Waals surface area contributed by atoms with Crippen molar-refractivity contribution in [3.8, 4) is 6.07 Å². The first-order valence-corrected chi connectivity index (χ1v) is 6.21. The Labute approximate surface area is 124 Å². The highest BCUT2D eigenvalue weighted by molar-refractivity contribution is 6.32. The van der Waals surface area contributed by atoms with Crippen LogP contribution in [0.3, 0.4) is 0 Å². The van der Waals surface area contributed by atoms with E-state index < -0.39 is 10.7 Å². The topological polar surface area (TPSA) is 66.9 Å². The van der Waals surface area contributed by atoms with Gasteiger partial charge in [0.1, 0.15) is 5.82 Å². The fourth-order valence-corrected chi connectivity index (χ4v) is 1.98. The summed E-state index contributed by atoms with van der Waals surface area (Å²) in [6.07, 6.45) is 1.27. The molecule has 2 aromatic carbocycles. The summed E-state index contributed by atoms with van der Waals surface area (Å²) in [7, 11) is 0. The Morgan fingerprint density at radius 3 is 2.67 bits per heavy atom. The first-order valence-electron chi connectivity index (χ1n) is 5.83. The average molecular weight is 303 g/mol. The molecule has 0 N–H and O–H groups in total. The van der Waals surface area contributed by atoms with Crippen LogP contribution in [0, 0.1) is 27.3 Å². The zero-order valence-electron chi connectivity index (χ0n) is 10.6. The van der Waals surface area contributed by atoms with Gasteiger partial charge in [0.25, 0.3) is 5.69 Å². The van der Waals surface area contributed by atoms with Gasteiger partial charge in [-0.05, 0) is 23.8 Å². The Balaban J connectivity index is 2.55. The van der Waals surface area contributed by atoms with Crippen LogP contribution in [0.4, 0.5) is 10.1 Å². The molecule has 0 atom stereocenters. The molecule has 0 spiro atoms. The smallest absolute Gasteiger partial charge is 0.258 e. The van der Waals surface area contributed by atoms with Crippen molar-refractivity contribution in [2.24, 2.45) is 0 Å². The second-order valence-electron chi connectivity index (χ2n) is 4.11. The van der Waals surface area contributed by atoms with E-state index in [1.165, 1.54) is 48.5 Å². The first kappa shape index (κ1) is 14.7. The van der Waals surface area contributed by atoms with Crippen LogP contribution in [0.1, 0.15) is 11.1 Å². The molecule has 0 saturated heterocycles. The quantitative estimate of drug-likeness (QED) is 0.364. The fraction of sp³-hybridized carbons (Fsp3) is 0. The Morgan fingerprint density at radius 2 is 2.05 bits per heavy atom. The monoisotopic (exact) mass is 302 g/mol. The van der Waals surface area contributed by atoms with Gasteiger partial charge in [-0.1, -0.05) is 29.8 Å². The van der Waals surface area contributed by atoms with Crippen molar-refractivity contribution in [3.05, 3.63) is 74.5 Å². The van der Waals surface area contributed by atoms with E-state index >= 15 is 0 Å². The van der Waals surface area contributed by atoms with Gasteiger partial charge in [0.05, 0.1) is 21.6 Å². The molecule has 0 saturated carbocycles. The summed E-state index contributed by atoms with van der Waals surface area (Å²) in [6, 6.07) is 11.6. The van der Waals surface area contributed by atoms with E-state index in [-0.39, 0.29) is 21.8 Å². The zero-order valence-corrected chi connectivity index (χ0v) is 11.3. The largest absolute Gasteiger partial charge is 0.270 e. The van der Waals surface area contributed by atoms with Crippen LogP contribution in [0.5, 0.6) is 0 Å². The normalized spacial score (nSPS) is 11.0. The van der Waals surface area contributed by atoms with Crippen molar-refractivity contribution in [3.63, 3.8) is 0 Å². The van der Waals surface area contributed by atoms with Crippen LogP contribution in [0.25, 0.3) is 11.6 Å². The Bertz CT molecular complexity index is 761. The van der Waals surface area contributed by atoms with Crippen molar-refractivity contribution in [1.82, 2.24) is 0 Å². The molecule has 0 heterocycles. The Morgan fingerprint density at radius 1 is 1.33 bits per heavy atom. The Kier molecular flexibility index (Phi) is 4.31.